The summed E-state index contributed by atoms with van der Waals surface area (Å²) in [6, 6.07) is 7.18. The fraction of sp³-hybridized carbons (Fsp3) is 0.611. The van der Waals surface area contributed by atoms with Gasteiger partial charge >= 0.3 is 0 Å². The number of rotatable bonds is 5. The smallest absolute Gasteiger partial charge is 0.253 e. The number of carbonyl (C=O) groups is 1. The van der Waals surface area contributed by atoms with Crippen LogP contribution in [0.5, 0.6) is 0 Å². The average Bonchev–Trinajstić information content (AvgIpc) is 2.41. The lowest BCUT2D eigenvalue weighted by atomic mass is 9.84. The monoisotopic (exact) mass is 320 g/mol. The molecule has 1 aliphatic rings. The van der Waals surface area contributed by atoms with Crippen molar-refractivity contribution in [1.29, 1.82) is 0 Å². The van der Waals surface area contributed by atoms with Crippen LogP contribution in [0.15, 0.2) is 24.3 Å². The van der Waals surface area contributed by atoms with Crippen molar-refractivity contribution in [3.05, 3.63) is 29.8 Å². The van der Waals surface area contributed by atoms with E-state index in [0.29, 0.717) is 5.56 Å². The van der Waals surface area contributed by atoms with Crippen molar-refractivity contribution in [2.24, 2.45) is 5.41 Å². The standard InChI is InChI=1S/C18H28N2O3/c1-16(2)11-20(12-16)15(21)13-7-9-14(10-8-13)19-23-18(5,6)17(3,4)22/h7-10,19,22H,11-12H2,1-6H3. The van der Waals surface area contributed by atoms with Crippen LogP contribution in [0.1, 0.15) is 51.9 Å². The van der Waals surface area contributed by atoms with E-state index in [1.807, 2.05) is 18.7 Å². The average molecular weight is 320 g/mol. The van der Waals surface area contributed by atoms with Gasteiger partial charge in [-0.1, -0.05) is 13.8 Å². The molecule has 0 atom stereocenters. The van der Waals surface area contributed by atoms with Gasteiger partial charge in [-0.15, -0.1) is 0 Å². The molecule has 5 heteroatoms. The first kappa shape index (κ1) is 17.8. The molecule has 0 saturated carbocycles. The summed E-state index contributed by atoms with van der Waals surface area (Å²) >= 11 is 0. The lowest BCUT2D eigenvalue weighted by molar-refractivity contribution is -0.130. The minimum atomic E-state index is -0.986. The lowest BCUT2D eigenvalue weighted by Gasteiger charge is -2.45. The molecule has 0 spiro atoms. The van der Waals surface area contributed by atoms with E-state index >= 15 is 0 Å². The van der Waals surface area contributed by atoms with Gasteiger partial charge in [0.25, 0.3) is 5.91 Å². The SMILES string of the molecule is CC1(C)CN(C(=O)c2ccc(NOC(C)(C)C(C)(C)O)cc2)C1. The summed E-state index contributed by atoms with van der Waals surface area (Å²) in [5.41, 5.74) is 2.74. The van der Waals surface area contributed by atoms with E-state index in [1.54, 1.807) is 38.1 Å². The van der Waals surface area contributed by atoms with Gasteiger partial charge in [0.2, 0.25) is 0 Å². The van der Waals surface area contributed by atoms with Gasteiger partial charge in [-0.2, -0.15) is 0 Å². The van der Waals surface area contributed by atoms with E-state index in [9.17, 15) is 9.90 Å². The van der Waals surface area contributed by atoms with Crippen molar-refractivity contribution in [1.82, 2.24) is 4.90 Å². The second kappa shape index (κ2) is 5.80. The minimum absolute atomic E-state index is 0.0635. The number of amides is 1. The predicted octanol–water partition coefficient (Wildman–Crippen LogP) is 3.06. The number of carbonyl (C=O) groups excluding carboxylic acids is 1. The van der Waals surface area contributed by atoms with Crippen molar-refractivity contribution in [3.8, 4) is 0 Å². The van der Waals surface area contributed by atoms with Crippen molar-refractivity contribution in [2.45, 2.75) is 52.7 Å². The van der Waals surface area contributed by atoms with Gasteiger partial charge in [-0.25, -0.2) is 0 Å². The van der Waals surface area contributed by atoms with Crippen LogP contribution in [0.2, 0.25) is 0 Å². The van der Waals surface area contributed by atoms with Gasteiger partial charge in [-0.05, 0) is 57.4 Å². The van der Waals surface area contributed by atoms with Crippen molar-refractivity contribution >= 4 is 11.6 Å². The zero-order valence-electron chi connectivity index (χ0n) is 14.9. The highest BCUT2D eigenvalue weighted by atomic mass is 16.7. The summed E-state index contributed by atoms with van der Waals surface area (Å²) in [6.45, 7) is 12.9. The second-order valence-electron chi connectivity index (χ2n) is 8.18. The number of aliphatic hydroxyl groups is 1. The van der Waals surface area contributed by atoms with Crippen molar-refractivity contribution < 1.29 is 14.7 Å². The Bertz CT molecular complexity index is 563. The van der Waals surface area contributed by atoms with Gasteiger partial charge in [0.05, 0.1) is 11.3 Å². The number of anilines is 1. The first-order valence-corrected chi connectivity index (χ1v) is 7.97. The molecule has 1 aromatic rings. The number of hydrogen-bond donors (Lipinski definition) is 2. The lowest BCUT2D eigenvalue weighted by Crippen LogP contribution is -2.55. The third-order valence-electron chi connectivity index (χ3n) is 4.55. The molecule has 0 radical (unpaired) electrons. The van der Waals surface area contributed by atoms with Gasteiger partial charge in [0, 0.05) is 18.7 Å². The molecule has 1 fully saturated rings. The molecule has 0 aliphatic carbocycles. The summed E-state index contributed by atoms with van der Waals surface area (Å²) in [6.07, 6.45) is 0. The summed E-state index contributed by atoms with van der Waals surface area (Å²) in [7, 11) is 0. The molecule has 1 aliphatic heterocycles. The Balaban J connectivity index is 1.94. The van der Waals surface area contributed by atoms with E-state index < -0.39 is 11.2 Å². The Labute approximate surface area is 138 Å². The van der Waals surface area contributed by atoms with Crippen LogP contribution in [0, 0.1) is 5.41 Å². The number of hydrogen-bond acceptors (Lipinski definition) is 4. The second-order valence-corrected chi connectivity index (χ2v) is 8.18. The molecule has 1 heterocycles. The summed E-state index contributed by atoms with van der Waals surface area (Å²) in [5.74, 6) is 0.0635. The first-order chi connectivity index (χ1) is 10.4. The minimum Gasteiger partial charge on any atom is -0.387 e. The molecule has 1 aromatic carbocycles. The molecular formula is C18H28N2O3. The van der Waals surface area contributed by atoms with Crippen molar-refractivity contribution in [2.75, 3.05) is 18.6 Å². The molecule has 5 nitrogen and oxygen atoms in total. The zero-order chi connectivity index (χ0) is 17.5. The van der Waals surface area contributed by atoms with E-state index in [0.717, 1.165) is 18.8 Å². The Morgan fingerprint density at radius 2 is 1.70 bits per heavy atom. The molecular weight excluding hydrogens is 292 g/mol. The largest absolute Gasteiger partial charge is 0.387 e. The fourth-order valence-corrected chi connectivity index (χ4v) is 2.31. The number of nitrogens with one attached hydrogen (secondary N) is 1. The molecule has 0 aromatic heterocycles. The number of nitrogens with zero attached hydrogens (tertiary/aromatic N) is 1. The quantitative estimate of drug-likeness (QED) is 0.819. The first-order valence-electron chi connectivity index (χ1n) is 7.97. The maximum atomic E-state index is 12.3. The third-order valence-corrected chi connectivity index (χ3v) is 4.55. The van der Waals surface area contributed by atoms with Gasteiger partial charge in [-0.3, -0.25) is 15.1 Å². The van der Waals surface area contributed by atoms with Crippen molar-refractivity contribution in [3.63, 3.8) is 0 Å². The van der Waals surface area contributed by atoms with Crippen LogP contribution < -0.4 is 5.48 Å². The predicted molar refractivity (Wildman–Crippen MR) is 91.2 cm³/mol. The molecule has 2 N–H and O–H groups in total. The highest BCUT2D eigenvalue weighted by Crippen LogP contribution is 2.30. The van der Waals surface area contributed by atoms with E-state index in [1.165, 1.54) is 0 Å². The molecule has 0 bridgehead atoms. The van der Waals surface area contributed by atoms with Crippen LogP contribution in [0.3, 0.4) is 0 Å². The van der Waals surface area contributed by atoms with E-state index in [-0.39, 0.29) is 11.3 Å². The van der Waals surface area contributed by atoms with Crippen LogP contribution >= 0.6 is 0 Å². The van der Waals surface area contributed by atoms with Crippen LogP contribution in [-0.4, -0.2) is 40.2 Å². The topological polar surface area (TPSA) is 61.8 Å². The summed E-state index contributed by atoms with van der Waals surface area (Å²) in [4.78, 5) is 19.8. The number of likely N-dealkylation sites (tertiary alicyclic amines) is 1. The molecule has 1 amide bonds. The third kappa shape index (κ3) is 4.03. The molecule has 1 saturated heterocycles. The van der Waals surface area contributed by atoms with Crippen LogP contribution in [0.25, 0.3) is 0 Å². The van der Waals surface area contributed by atoms with Gasteiger partial charge in [0.15, 0.2) is 0 Å². The highest BCUT2D eigenvalue weighted by molar-refractivity contribution is 5.95. The molecule has 0 unspecified atom stereocenters. The summed E-state index contributed by atoms with van der Waals surface area (Å²) < 4.78 is 0. The Hall–Kier alpha value is -1.59. The van der Waals surface area contributed by atoms with Crippen LogP contribution in [0.4, 0.5) is 5.69 Å². The van der Waals surface area contributed by atoms with E-state index in [2.05, 4.69) is 19.3 Å². The van der Waals surface area contributed by atoms with Crippen LogP contribution in [-0.2, 0) is 4.84 Å². The number of benzene rings is 1. The maximum absolute atomic E-state index is 12.3. The Kier molecular flexibility index (Phi) is 4.48. The Morgan fingerprint density at radius 1 is 1.17 bits per heavy atom. The zero-order valence-corrected chi connectivity index (χ0v) is 14.9. The maximum Gasteiger partial charge on any atom is 0.253 e. The molecule has 2 rings (SSSR count). The fourth-order valence-electron chi connectivity index (χ4n) is 2.31. The Morgan fingerprint density at radius 3 is 2.13 bits per heavy atom. The normalized spacial score (nSPS) is 17.6. The highest BCUT2D eigenvalue weighted by Gasteiger charge is 2.38. The molecule has 23 heavy (non-hydrogen) atoms. The molecule has 128 valence electrons. The summed E-state index contributed by atoms with van der Waals surface area (Å²) in [5, 5.41) is 10.1. The van der Waals surface area contributed by atoms with Gasteiger partial charge in [0.1, 0.15) is 5.60 Å². The van der Waals surface area contributed by atoms with E-state index in [4.69, 9.17) is 4.84 Å². The van der Waals surface area contributed by atoms with Gasteiger partial charge < -0.3 is 10.0 Å².